The van der Waals surface area contributed by atoms with Gasteiger partial charge in [-0.2, -0.15) is 31.4 Å². The van der Waals surface area contributed by atoms with Crippen LogP contribution in [0.2, 0.25) is 0 Å². The molecule has 2 aromatic heterocycles. The largest absolute Gasteiger partial charge is 0.416 e. The quantitative estimate of drug-likeness (QED) is 0.570. The van der Waals surface area contributed by atoms with Crippen LogP contribution in [-0.2, 0) is 24.2 Å². The number of nitrogens with one attached hydrogen (secondary N) is 1. The third-order valence-corrected chi connectivity index (χ3v) is 5.42. The molecule has 0 bridgehead atoms. The molecule has 0 saturated carbocycles. The number of carbonyl (C=O) groups is 1. The average Bonchev–Trinajstić information content (AvgIpc) is 3.14. The lowest BCUT2D eigenvalue weighted by atomic mass is 10.1. The second kappa shape index (κ2) is 8.74. The molecule has 3 heterocycles. The third kappa shape index (κ3) is 5.05. The maximum absolute atomic E-state index is 13.0. The highest BCUT2D eigenvalue weighted by molar-refractivity contribution is 5.92. The summed E-state index contributed by atoms with van der Waals surface area (Å²) in [6.45, 7) is 1.72. The number of nitrogens with zero attached hydrogens (tertiary/aromatic N) is 6. The summed E-state index contributed by atoms with van der Waals surface area (Å²) in [4.78, 5) is 24.6. The lowest BCUT2D eigenvalue weighted by Crippen LogP contribution is -2.49. The van der Waals surface area contributed by atoms with Gasteiger partial charge in [0, 0.05) is 38.9 Å². The summed E-state index contributed by atoms with van der Waals surface area (Å²) in [6, 6.07) is 0.986. The molecule has 1 saturated heterocycles. The molecule has 0 radical (unpaired) electrons. The molecule has 1 fully saturated rings. The topological polar surface area (TPSA) is 79.2 Å². The molecule has 1 aliphatic rings. The summed E-state index contributed by atoms with van der Waals surface area (Å²) in [7, 11) is 1.76. The number of aryl methyl sites for hydroxylation is 1. The van der Waals surface area contributed by atoms with Crippen LogP contribution >= 0.6 is 0 Å². The maximum Gasteiger partial charge on any atom is 0.416 e. The molecule has 0 unspecified atom stereocenters. The Morgan fingerprint density at radius 2 is 1.59 bits per heavy atom. The van der Waals surface area contributed by atoms with E-state index in [0.717, 1.165) is 5.39 Å². The van der Waals surface area contributed by atoms with Crippen LogP contribution < -0.4 is 10.2 Å². The van der Waals surface area contributed by atoms with E-state index >= 15 is 0 Å². The third-order valence-electron chi connectivity index (χ3n) is 5.42. The van der Waals surface area contributed by atoms with Crippen LogP contribution in [0.1, 0.15) is 11.1 Å². The molecular formula is C20H19F6N7O. The molecule has 1 aliphatic heterocycles. The fraction of sp³-hybridized carbons (Fsp3) is 0.400. The van der Waals surface area contributed by atoms with Crippen molar-refractivity contribution in [1.82, 2.24) is 24.6 Å². The van der Waals surface area contributed by atoms with Gasteiger partial charge in [-0.1, -0.05) is 0 Å². The molecule has 8 nitrogen and oxygen atoms in total. The number of aromatic nitrogens is 4. The van der Waals surface area contributed by atoms with E-state index in [2.05, 4.69) is 20.4 Å². The summed E-state index contributed by atoms with van der Waals surface area (Å²) in [5.41, 5.74) is -2.87. The van der Waals surface area contributed by atoms with Gasteiger partial charge >= 0.3 is 12.4 Å². The monoisotopic (exact) mass is 487 g/mol. The van der Waals surface area contributed by atoms with Crippen molar-refractivity contribution >= 4 is 28.4 Å². The highest BCUT2D eigenvalue weighted by Gasteiger charge is 2.37. The van der Waals surface area contributed by atoms with E-state index in [1.54, 1.807) is 22.8 Å². The van der Waals surface area contributed by atoms with E-state index in [4.69, 9.17) is 0 Å². The van der Waals surface area contributed by atoms with E-state index in [0.29, 0.717) is 49.8 Å². The molecule has 4 rings (SSSR count). The molecule has 0 spiro atoms. The van der Waals surface area contributed by atoms with Crippen molar-refractivity contribution in [3.05, 3.63) is 41.9 Å². The first-order valence-electron chi connectivity index (χ1n) is 10.1. The Kier molecular flexibility index (Phi) is 6.10. The van der Waals surface area contributed by atoms with Gasteiger partial charge in [0.15, 0.2) is 5.65 Å². The number of halogens is 6. The van der Waals surface area contributed by atoms with E-state index in [-0.39, 0.29) is 12.6 Å². The van der Waals surface area contributed by atoms with Crippen molar-refractivity contribution in [3.8, 4) is 0 Å². The Hall–Kier alpha value is -3.42. The van der Waals surface area contributed by atoms with Crippen LogP contribution in [0.4, 0.5) is 37.8 Å². The number of fused-ring (bicyclic) bond motifs is 1. The smallest absolute Gasteiger partial charge is 0.353 e. The van der Waals surface area contributed by atoms with Crippen LogP contribution in [0.25, 0.3) is 11.0 Å². The van der Waals surface area contributed by atoms with Gasteiger partial charge < -0.3 is 10.2 Å². The Balaban J connectivity index is 1.40. The minimum Gasteiger partial charge on any atom is -0.353 e. The lowest BCUT2D eigenvalue weighted by molar-refractivity contribution is -0.143. The van der Waals surface area contributed by atoms with E-state index < -0.39 is 35.1 Å². The predicted octanol–water partition coefficient (Wildman–Crippen LogP) is 3.16. The zero-order valence-corrected chi connectivity index (χ0v) is 17.8. The Morgan fingerprint density at radius 1 is 0.971 bits per heavy atom. The number of rotatable bonds is 4. The molecule has 1 N–H and O–H groups in total. The zero-order chi connectivity index (χ0) is 24.7. The van der Waals surface area contributed by atoms with Gasteiger partial charge in [0.2, 0.25) is 5.91 Å². The molecule has 14 heteroatoms. The number of carbonyl (C=O) groups excluding carboxylic acids is 1. The minimum atomic E-state index is -4.99. The summed E-state index contributed by atoms with van der Waals surface area (Å²) in [6.07, 6.45) is -6.88. The first kappa shape index (κ1) is 23.7. The van der Waals surface area contributed by atoms with Gasteiger partial charge in [-0.25, -0.2) is 9.97 Å². The van der Waals surface area contributed by atoms with Crippen LogP contribution in [0.3, 0.4) is 0 Å². The zero-order valence-electron chi connectivity index (χ0n) is 17.8. The van der Waals surface area contributed by atoms with Gasteiger partial charge in [0.1, 0.15) is 12.1 Å². The molecule has 3 aromatic rings. The van der Waals surface area contributed by atoms with Gasteiger partial charge in [-0.15, -0.1) is 0 Å². The molecule has 182 valence electrons. The fourth-order valence-corrected chi connectivity index (χ4v) is 3.75. The highest BCUT2D eigenvalue weighted by Crippen LogP contribution is 2.37. The number of piperazine rings is 1. The fourth-order valence-electron chi connectivity index (χ4n) is 3.75. The van der Waals surface area contributed by atoms with Crippen LogP contribution in [-0.4, -0.2) is 63.3 Å². The van der Waals surface area contributed by atoms with E-state index in [1.165, 1.54) is 6.33 Å². The molecular weight excluding hydrogens is 468 g/mol. The van der Waals surface area contributed by atoms with Gasteiger partial charge in [-0.05, 0) is 18.2 Å². The van der Waals surface area contributed by atoms with Crippen molar-refractivity contribution in [2.75, 3.05) is 42.9 Å². The average molecular weight is 487 g/mol. The number of hydrogen-bond donors (Lipinski definition) is 1. The van der Waals surface area contributed by atoms with E-state index in [9.17, 15) is 31.1 Å². The van der Waals surface area contributed by atoms with Gasteiger partial charge in [-0.3, -0.25) is 14.4 Å². The second-order valence-electron chi connectivity index (χ2n) is 7.81. The first-order chi connectivity index (χ1) is 15.9. The Labute approximate surface area is 189 Å². The van der Waals surface area contributed by atoms with Crippen LogP contribution in [0.5, 0.6) is 0 Å². The van der Waals surface area contributed by atoms with Crippen molar-refractivity contribution in [2.24, 2.45) is 7.05 Å². The predicted molar refractivity (Wildman–Crippen MR) is 110 cm³/mol. The number of hydrogen-bond acceptors (Lipinski definition) is 6. The molecule has 0 atom stereocenters. The summed E-state index contributed by atoms with van der Waals surface area (Å²) in [5.74, 6) is -0.0107. The molecule has 1 aromatic carbocycles. The minimum absolute atomic E-state index is 0.0151. The molecule has 34 heavy (non-hydrogen) atoms. The normalized spacial score (nSPS) is 15.7. The number of anilines is 2. The number of alkyl halides is 6. The highest BCUT2D eigenvalue weighted by atomic mass is 19.4. The lowest BCUT2D eigenvalue weighted by Gasteiger charge is -2.35. The van der Waals surface area contributed by atoms with Crippen LogP contribution in [0, 0.1) is 0 Å². The van der Waals surface area contributed by atoms with Gasteiger partial charge in [0.25, 0.3) is 0 Å². The standard InChI is InChI=1S/C20H19F6N7O/c1-31-17-15(9-29-31)18(28-11-27-17)33-4-2-32(3-5-33)10-16(34)30-14-7-12(19(21,22)23)6-13(8-14)20(24,25)26/h6-9,11H,2-5,10H2,1H3,(H,30,34). The van der Waals surface area contributed by atoms with E-state index in [1.807, 2.05) is 4.90 Å². The van der Waals surface area contributed by atoms with Crippen molar-refractivity contribution in [2.45, 2.75) is 12.4 Å². The SMILES string of the molecule is Cn1ncc2c(N3CCN(CC(=O)Nc4cc(C(F)(F)F)cc(C(F)(F)F)c4)CC3)ncnc21. The molecule has 1 amide bonds. The number of benzene rings is 1. The maximum atomic E-state index is 13.0. The molecule has 0 aliphatic carbocycles. The van der Waals surface area contributed by atoms with Gasteiger partial charge in [0.05, 0.1) is 29.3 Å². The Bertz CT molecular complexity index is 1170. The number of amides is 1. The van der Waals surface area contributed by atoms with Crippen molar-refractivity contribution < 1.29 is 31.1 Å². The summed E-state index contributed by atoms with van der Waals surface area (Å²) in [5, 5.41) is 7.11. The summed E-state index contributed by atoms with van der Waals surface area (Å²) >= 11 is 0. The summed E-state index contributed by atoms with van der Waals surface area (Å²) < 4.78 is 79.7. The first-order valence-corrected chi connectivity index (χ1v) is 10.1. The second-order valence-corrected chi connectivity index (χ2v) is 7.81. The van der Waals surface area contributed by atoms with Crippen molar-refractivity contribution in [1.29, 1.82) is 0 Å². The van der Waals surface area contributed by atoms with Crippen LogP contribution in [0.15, 0.2) is 30.7 Å². The Morgan fingerprint density at radius 3 is 2.18 bits per heavy atom. The van der Waals surface area contributed by atoms with Crippen molar-refractivity contribution in [3.63, 3.8) is 0 Å².